The van der Waals surface area contributed by atoms with Crippen LogP contribution in [-0.4, -0.2) is 29.0 Å². The van der Waals surface area contributed by atoms with Gasteiger partial charge in [0.25, 0.3) is 0 Å². The number of hydrogen-bond donors (Lipinski definition) is 1. The maximum absolute atomic E-state index is 12.3. The van der Waals surface area contributed by atoms with E-state index in [1.54, 1.807) is 6.20 Å². The van der Waals surface area contributed by atoms with E-state index in [-0.39, 0.29) is 0 Å². The van der Waals surface area contributed by atoms with Gasteiger partial charge in [-0.05, 0) is 50.7 Å². The molecule has 0 spiro atoms. The SMILES string of the molecule is Cc1cnc(C2(O)CC3CCCC(C2)S3(=O)=O)c(C)c1. The summed E-state index contributed by atoms with van der Waals surface area (Å²) in [7, 11) is -3.05. The molecule has 0 saturated carbocycles. The number of aryl methyl sites for hydroxylation is 2. The van der Waals surface area contributed by atoms with Gasteiger partial charge in [-0.1, -0.05) is 12.5 Å². The number of sulfone groups is 1. The van der Waals surface area contributed by atoms with E-state index in [0.29, 0.717) is 31.4 Å². The minimum atomic E-state index is -3.05. The minimum absolute atomic E-state index is 0.294. The van der Waals surface area contributed by atoms with Gasteiger partial charge in [-0.2, -0.15) is 0 Å². The molecule has 2 aliphatic heterocycles. The summed E-state index contributed by atoms with van der Waals surface area (Å²) in [6, 6.07) is 2.00. The highest BCUT2D eigenvalue weighted by atomic mass is 32.2. The molecule has 4 nitrogen and oxygen atoms in total. The van der Waals surface area contributed by atoms with Gasteiger partial charge >= 0.3 is 0 Å². The molecule has 20 heavy (non-hydrogen) atoms. The predicted octanol–water partition coefficient (Wildman–Crippen LogP) is 2.02. The number of rotatable bonds is 1. The van der Waals surface area contributed by atoms with Gasteiger partial charge in [-0.25, -0.2) is 8.42 Å². The average Bonchev–Trinajstić information content (AvgIpc) is 2.31. The highest BCUT2D eigenvalue weighted by Crippen LogP contribution is 2.46. The summed E-state index contributed by atoms with van der Waals surface area (Å²) < 4.78 is 24.6. The first-order chi connectivity index (χ1) is 9.33. The molecule has 3 heterocycles. The Labute approximate surface area is 120 Å². The maximum atomic E-state index is 12.3. The Morgan fingerprint density at radius 1 is 1.25 bits per heavy atom. The summed E-state index contributed by atoms with van der Waals surface area (Å²) in [5.74, 6) is 0. The van der Waals surface area contributed by atoms with Crippen LogP contribution in [0.1, 0.15) is 48.9 Å². The fraction of sp³-hybridized carbons (Fsp3) is 0.667. The highest BCUT2D eigenvalue weighted by Gasteiger charge is 2.51. The molecule has 1 aromatic rings. The average molecular weight is 295 g/mol. The van der Waals surface area contributed by atoms with Crippen molar-refractivity contribution in [1.82, 2.24) is 4.98 Å². The molecular formula is C15H21NO3S. The van der Waals surface area contributed by atoms with Gasteiger partial charge in [0, 0.05) is 6.20 Å². The van der Waals surface area contributed by atoms with E-state index in [1.807, 2.05) is 19.9 Å². The van der Waals surface area contributed by atoms with E-state index in [1.165, 1.54) is 0 Å². The first-order valence-corrected chi connectivity index (χ1v) is 8.83. The van der Waals surface area contributed by atoms with Crippen LogP contribution in [0, 0.1) is 13.8 Å². The van der Waals surface area contributed by atoms with Crippen LogP contribution >= 0.6 is 0 Å². The number of aromatic nitrogens is 1. The van der Waals surface area contributed by atoms with Crippen molar-refractivity contribution in [3.05, 3.63) is 29.1 Å². The molecule has 0 radical (unpaired) electrons. The molecule has 2 fully saturated rings. The van der Waals surface area contributed by atoms with Crippen LogP contribution in [0.15, 0.2) is 12.3 Å². The molecule has 0 aromatic carbocycles. The predicted molar refractivity (Wildman–Crippen MR) is 77.2 cm³/mol. The van der Waals surface area contributed by atoms with Gasteiger partial charge < -0.3 is 5.11 Å². The minimum Gasteiger partial charge on any atom is -0.383 e. The second-order valence-electron chi connectivity index (χ2n) is 6.38. The van der Waals surface area contributed by atoms with E-state index in [0.717, 1.165) is 17.5 Å². The number of fused-ring (bicyclic) bond motifs is 2. The van der Waals surface area contributed by atoms with Gasteiger partial charge in [0.15, 0.2) is 9.84 Å². The van der Waals surface area contributed by atoms with Gasteiger partial charge in [-0.15, -0.1) is 0 Å². The van der Waals surface area contributed by atoms with Crippen molar-refractivity contribution >= 4 is 9.84 Å². The normalized spacial score (nSPS) is 35.8. The van der Waals surface area contributed by atoms with Crippen molar-refractivity contribution in [3.8, 4) is 0 Å². The van der Waals surface area contributed by atoms with Crippen LogP contribution < -0.4 is 0 Å². The zero-order chi connectivity index (χ0) is 14.5. The van der Waals surface area contributed by atoms with Crippen molar-refractivity contribution < 1.29 is 13.5 Å². The summed E-state index contributed by atoms with van der Waals surface area (Å²) in [5.41, 5.74) is 1.58. The van der Waals surface area contributed by atoms with Crippen molar-refractivity contribution in [2.45, 2.75) is 62.1 Å². The molecule has 2 atom stereocenters. The van der Waals surface area contributed by atoms with Crippen molar-refractivity contribution in [3.63, 3.8) is 0 Å². The zero-order valence-corrected chi connectivity index (χ0v) is 12.8. The van der Waals surface area contributed by atoms with Crippen LogP contribution in [0.25, 0.3) is 0 Å². The smallest absolute Gasteiger partial charge is 0.156 e. The molecule has 1 N–H and O–H groups in total. The molecule has 2 saturated heterocycles. The Balaban J connectivity index is 2.02. The van der Waals surface area contributed by atoms with Gasteiger partial charge in [0.05, 0.1) is 16.2 Å². The van der Waals surface area contributed by atoms with E-state index >= 15 is 0 Å². The van der Waals surface area contributed by atoms with Crippen LogP contribution in [-0.2, 0) is 15.4 Å². The van der Waals surface area contributed by atoms with E-state index in [4.69, 9.17) is 0 Å². The largest absolute Gasteiger partial charge is 0.383 e. The first kappa shape index (κ1) is 14.0. The lowest BCUT2D eigenvalue weighted by atomic mass is 9.81. The van der Waals surface area contributed by atoms with Gasteiger partial charge in [0.1, 0.15) is 5.60 Å². The third kappa shape index (κ3) is 2.07. The molecule has 0 aliphatic carbocycles. The van der Waals surface area contributed by atoms with Gasteiger partial charge in [0.2, 0.25) is 0 Å². The Morgan fingerprint density at radius 2 is 1.85 bits per heavy atom. The Bertz CT molecular complexity index is 619. The molecule has 2 bridgehead atoms. The molecule has 2 aliphatic rings. The lowest BCUT2D eigenvalue weighted by Gasteiger charge is -2.43. The monoisotopic (exact) mass is 295 g/mol. The fourth-order valence-corrected chi connectivity index (χ4v) is 6.39. The second-order valence-corrected chi connectivity index (χ2v) is 8.89. The maximum Gasteiger partial charge on any atom is 0.156 e. The molecule has 5 heteroatoms. The molecule has 2 unspecified atom stereocenters. The molecule has 1 aromatic heterocycles. The van der Waals surface area contributed by atoms with Crippen molar-refractivity contribution in [2.24, 2.45) is 0 Å². The van der Waals surface area contributed by atoms with Crippen LogP contribution in [0.5, 0.6) is 0 Å². The summed E-state index contributed by atoms with van der Waals surface area (Å²) in [6.07, 6.45) is 4.63. The second kappa shape index (κ2) is 4.53. The number of pyridine rings is 1. The summed E-state index contributed by atoms with van der Waals surface area (Å²) in [6.45, 7) is 3.90. The van der Waals surface area contributed by atoms with Crippen molar-refractivity contribution in [2.75, 3.05) is 0 Å². The van der Waals surface area contributed by atoms with Gasteiger partial charge in [-0.3, -0.25) is 4.98 Å². The Hall–Kier alpha value is -0.940. The third-order valence-electron chi connectivity index (χ3n) is 4.77. The summed E-state index contributed by atoms with van der Waals surface area (Å²) in [5, 5.41) is 10.2. The molecule has 0 amide bonds. The molecule has 110 valence electrons. The van der Waals surface area contributed by atoms with E-state index in [9.17, 15) is 13.5 Å². The first-order valence-electron chi connectivity index (χ1n) is 7.22. The Kier molecular flexibility index (Phi) is 3.18. The lowest BCUT2D eigenvalue weighted by Crippen LogP contribution is -2.50. The highest BCUT2D eigenvalue weighted by molar-refractivity contribution is 7.92. The molecule has 3 rings (SSSR count). The van der Waals surface area contributed by atoms with E-state index in [2.05, 4.69) is 4.98 Å². The number of aliphatic hydroxyl groups is 1. The number of nitrogens with zero attached hydrogens (tertiary/aromatic N) is 1. The summed E-state index contributed by atoms with van der Waals surface area (Å²) >= 11 is 0. The van der Waals surface area contributed by atoms with Crippen LogP contribution in [0.4, 0.5) is 0 Å². The fourth-order valence-electron chi connectivity index (χ4n) is 3.84. The van der Waals surface area contributed by atoms with Crippen LogP contribution in [0.3, 0.4) is 0 Å². The summed E-state index contributed by atoms with van der Waals surface area (Å²) in [4.78, 5) is 4.40. The Morgan fingerprint density at radius 3 is 2.40 bits per heavy atom. The van der Waals surface area contributed by atoms with Crippen LogP contribution in [0.2, 0.25) is 0 Å². The molecular weight excluding hydrogens is 274 g/mol. The zero-order valence-electron chi connectivity index (χ0n) is 12.0. The lowest BCUT2D eigenvalue weighted by molar-refractivity contribution is 0.000379. The quantitative estimate of drug-likeness (QED) is 0.860. The van der Waals surface area contributed by atoms with Crippen molar-refractivity contribution in [1.29, 1.82) is 0 Å². The number of hydrogen-bond acceptors (Lipinski definition) is 4. The standard InChI is InChI=1S/C15H21NO3S/c1-10-6-11(2)14(16-9-10)15(17)7-12-4-3-5-13(8-15)20(12,18)19/h6,9,12-13,17H,3-5,7-8H2,1-2H3. The van der Waals surface area contributed by atoms with E-state index < -0.39 is 25.9 Å². The third-order valence-corrected chi connectivity index (χ3v) is 7.43. The topological polar surface area (TPSA) is 67.3 Å².